The van der Waals surface area contributed by atoms with Crippen LogP contribution < -0.4 is 9.57 Å². The normalized spacial score (nSPS) is 9.27. The smallest absolute Gasteiger partial charge is 0.245 e. The maximum absolute atomic E-state index is 10.5. The monoisotopic (exact) mass is 152 g/mol. The average molecular weight is 152 g/mol. The fraction of sp³-hybridized carbons (Fsp3) is 0.250. The van der Waals surface area contributed by atoms with Gasteiger partial charge in [0.05, 0.1) is 0 Å². The lowest BCUT2D eigenvalue weighted by Gasteiger charge is -1.93. The van der Waals surface area contributed by atoms with E-state index in [9.17, 15) is 4.79 Å². The van der Waals surface area contributed by atoms with Crippen molar-refractivity contribution in [2.24, 2.45) is 0 Å². The van der Waals surface area contributed by atoms with Crippen molar-refractivity contribution < 1.29 is 14.4 Å². The minimum Gasteiger partial charge on any atom is -0.245 e. The molecule has 0 N–H and O–H groups in total. The van der Waals surface area contributed by atoms with Crippen molar-refractivity contribution in [1.29, 1.82) is 0 Å². The van der Waals surface area contributed by atoms with Crippen LogP contribution in [-0.2, 0) is 4.79 Å². The van der Waals surface area contributed by atoms with Crippen LogP contribution in [0.1, 0.15) is 12.6 Å². The van der Waals surface area contributed by atoms with Crippen molar-refractivity contribution in [1.82, 2.24) is 0 Å². The van der Waals surface area contributed by atoms with E-state index >= 15 is 0 Å². The molecular weight excluding hydrogens is 142 g/mol. The van der Waals surface area contributed by atoms with Crippen molar-refractivity contribution in [3.63, 3.8) is 0 Å². The molecule has 3 nitrogen and oxygen atoms in total. The van der Waals surface area contributed by atoms with Crippen molar-refractivity contribution in [3.05, 3.63) is 30.1 Å². The summed E-state index contributed by atoms with van der Waals surface area (Å²) in [5, 5.41) is 0. The zero-order valence-electron chi connectivity index (χ0n) is 6.57. The molecule has 11 heavy (non-hydrogen) atoms. The summed E-state index contributed by atoms with van der Waals surface area (Å²) in [7, 11) is 0. The Hall–Kier alpha value is -1.38. The zero-order valence-corrected chi connectivity index (χ0v) is 6.57. The standard InChI is InChI=1S/C8H10NO2/c1-7-5-3-4-6-9(7)11-8(2)10/h3-6H,1-2H3/q+1. The number of pyridine rings is 1. The Morgan fingerprint density at radius 3 is 2.82 bits per heavy atom. The van der Waals surface area contributed by atoms with E-state index < -0.39 is 0 Å². The minimum absolute atomic E-state index is 0.315. The van der Waals surface area contributed by atoms with E-state index in [4.69, 9.17) is 4.84 Å². The third-order valence-corrected chi connectivity index (χ3v) is 1.24. The Morgan fingerprint density at radius 2 is 2.27 bits per heavy atom. The van der Waals surface area contributed by atoms with Crippen LogP contribution in [0.3, 0.4) is 0 Å². The van der Waals surface area contributed by atoms with E-state index in [1.54, 1.807) is 12.3 Å². The van der Waals surface area contributed by atoms with Crippen LogP contribution in [0.2, 0.25) is 0 Å². The van der Waals surface area contributed by atoms with Crippen molar-refractivity contribution in [3.8, 4) is 0 Å². The second kappa shape index (κ2) is 3.14. The Bertz CT molecular complexity index is 271. The van der Waals surface area contributed by atoms with E-state index in [0.717, 1.165) is 5.69 Å². The maximum Gasteiger partial charge on any atom is 0.377 e. The summed E-state index contributed by atoms with van der Waals surface area (Å²) in [5.41, 5.74) is 0.891. The fourth-order valence-corrected chi connectivity index (χ4v) is 0.755. The molecule has 0 radical (unpaired) electrons. The number of hydrogen-bond acceptors (Lipinski definition) is 2. The molecule has 0 unspecified atom stereocenters. The molecule has 3 heteroatoms. The lowest BCUT2D eigenvalue weighted by atomic mass is 10.4. The van der Waals surface area contributed by atoms with Gasteiger partial charge in [-0.25, -0.2) is 4.79 Å². The number of rotatable bonds is 1. The van der Waals surface area contributed by atoms with Gasteiger partial charge in [0.1, 0.15) is 0 Å². The van der Waals surface area contributed by atoms with E-state index in [2.05, 4.69) is 0 Å². The summed E-state index contributed by atoms with van der Waals surface area (Å²) < 4.78 is 1.43. The highest BCUT2D eigenvalue weighted by Crippen LogP contribution is 1.85. The molecule has 0 fully saturated rings. The van der Waals surface area contributed by atoms with Gasteiger partial charge in [-0.2, -0.15) is 4.84 Å². The van der Waals surface area contributed by atoms with E-state index in [1.807, 2.05) is 19.1 Å². The van der Waals surface area contributed by atoms with Gasteiger partial charge in [-0.1, -0.05) is 0 Å². The summed E-state index contributed by atoms with van der Waals surface area (Å²) in [6.45, 7) is 3.24. The topological polar surface area (TPSA) is 30.2 Å². The van der Waals surface area contributed by atoms with Gasteiger partial charge >= 0.3 is 5.97 Å². The summed E-state index contributed by atoms with van der Waals surface area (Å²) in [6, 6.07) is 5.55. The average Bonchev–Trinajstić information content (AvgIpc) is 1.93. The molecule has 0 aliphatic carbocycles. The molecule has 0 amide bonds. The molecule has 0 spiro atoms. The molecule has 58 valence electrons. The summed E-state index contributed by atoms with van der Waals surface area (Å²) in [6.07, 6.45) is 1.69. The van der Waals surface area contributed by atoms with Gasteiger partial charge in [-0.3, -0.25) is 0 Å². The quantitative estimate of drug-likeness (QED) is 0.540. The van der Waals surface area contributed by atoms with Crippen LogP contribution in [0, 0.1) is 6.92 Å². The fourth-order valence-electron chi connectivity index (χ4n) is 0.755. The third-order valence-electron chi connectivity index (χ3n) is 1.24. The number of aryl methyl sites for hydroxylation is 1. The minimum atomic E-state index is -0.315. The van der Waals surface area contributed by atoms with Gasteiger partial charge in [0, 0.05) is 30.7 Å². The second-order valence-electron chi connectivity index (χ2n) is 2.25. The molecular formula is C8H10NO2+. The van der Waals surface area contributed by atoms with Gasteiger partial charge in [-0.05, 0) is 6.07 Å². The number of hydrogen-bond donors (Lipinski definition) is 0. The third kappa shape index (κ3) is 2.04. The Labute approximate surface area is 65.2 Å². The highest BCUT2D eigenvalue weighted by molar-refractivity contribution is 5.65. The van der Waals surface area contributed by atoms with Gasteiger partial charge in [-0.15, -0.1) is 0 Å². The first-order chi connectivity index (χ1) is 5.20. The predicted molar refractivity (Wildman–Crippen MR) is 38.6 cm³/mol. The van der Waals surface area contributed by atoms with E-state index in [0.29, 0.717) is 0 Å². The second-order valence-corrected chi connectivity index (χ2v) is 2.25. The van der Waals surface area contributed by atoms with Crippen LogP contribution >= 0.6 is 0 Å². The molecule has 1 rings (SSSR count). The first kappa shape index (κ1) is 7.72. The predicted octanol–water partition coefficient (Wildman–Crippen LogP) is 0.258. The first-order valence-electron chi connectivity index (χ1n) is 3.36. The summed E-state index contributed by atoms with van der Waals surface area (Å²) >= 11 is 0. The van der Waals surface area contributed by atoms with Crippen LogP contribution in [0.4, 0.5) is 0 Å². The molecule has 0 saturated heterocycles. The van der Waals surface area contributed by atoms with Crippen molar-refractivity contribution >= 4 is 5.97 Å². The largest absolute Gasteiger partial charge is 0.377 e. The van der Waals surface area contributed by atoms with Gasteiger partial charge < -0.3 is 0 Å². The van der Waals surface area contributed by atoms with Crippen LogP contribution in [0.25, 0.3) is 0 Å². The van der Waals surface area contributed by atoms with Crippen LogP contribution in [0.5, 0.6) is 0 Å². The Balaban J connectivity index is 2.86. The first-order valence-corrected chi connectivity index (χ1v) is 3.36. The number of carbonyl (C=O) groups is 1. The molecule has 0 saturated carbocycles. The Kier molecular flexibility index (Phi) is 2.21. The van der Waals surface area contributed by atoms with Crippen molar-refractivity contribution in [2.75, 3.05) is 0 Å². The molecule has 0 bridgehead atoms. The van der Waals surface area contributed by atoms with E-state index in [1.165, 1.54) is 11.7 Å². The Morgan fingerprint density at radius 1 is 1.55 bits per heavy atom. The van der Waals surface area contributed by atoms with Gasteiger partial charge in [0.25, 0.3) is 0 Å². The van der Waals surface area contributed by atoms with Crippen LogP contribution in [0.15, 0.2) is 24.4 Å². The molecule has 0 aliphatic rings. The lowest BCUT2D eigenvalue weighted by molar-refractivity contribution is -0.873. The molecule has 1 heterocycles. The number of nitrogens with zero attached hydrogens (tertiary/aromatic N) is 1. The van der Waals surface area contributed by atoms with Crippen molar-refractivity contribution in [2.45, 2.75) is 13.8 Å². The highest BCUT2D eigenvalue weighted by Gasteiger charge is 2.07. The highest BCUT2D eigenvalue weighted by atomic mass is 16.7. The molecule has 1 aromatic rings. The molecule has 0 aromatic carbocycles. The summed E-state index contributed by atoms with van der Waals surface area (Å²) in [4.78, 5) is 15.3. The number of aromatic nitrogens is 1. The van der Waals surface area contributed by atoms with Crippen LogP contribution in [-0.4, -0.2) is 5.97 Å². The van der Waals surface area contributed by atoms with E-state index in [-0.39, 0.29) is 5.97 Å². The molecule has 1 aromatic heterocycles. The lowest BCUT2D eigenvalue weighted by Crippen LogP contribution is -2.46. The van der Waals surface area contributed by atoms with Gasteiger partial charge in [0.2, 0.25) is 11.9 Å². The molecule has 0 atom stereocenters. The SMILES string of the molecule is CC(=O)O[n+]1ccccc1C. The molecule has 0 aliphatic heterocycles. The van der Waals surface area contributed by atoms with Gasteiger partial charge in [0.15, 0.2) is 0 Å². The number of carbonyl (C=O) groups excluding carboxylic acids is 1. The summed E-state index contributed by atoms with van der Waals surface area (Å²) in [5.74, 6) is -0.315. The zero-order chi connectivity index (χ0) is 8.27. The maximum atomic E-state index is 10.5.